The minimum Gasteiger partial charge on any atom is -0.282 e. The summed E-state index contributed by atoms with van der Waals surface area (Å²) in [4.78, 5) is 50.0. The van der Waals surface area contributed by atoms with Gasteiger partial charge >= 0.3 is 0 Å². The van der Waals surface area contributed by atoms with Crippen molar-refractivity contribution in [3.8, 4) is 0 Å². The fraction of sp³-hybridized carbons (Fsp3) is 0.474. The lowest BCUT2D eigenvalue weighted by molar-refractivity contribution is -0.140. The molecular formula is C19H23N3O4. The van der Waals surface area contributed by atoms with Crippen LogP contribution in [0.1, 0.15) is 48.0 Å². The maximum atomic E-state index is 12.4. The molecule has 3 rings (SSSR count). The van der Waals surface area contributed by atoms with Gasteiger partial charge in [0.15, 0.2) is 0 Å². The summed E-state index contributed by atoms with van der Waals surface area (Å²) in [5.41, 5.74) is 5.97. The zero-order valence-electron chi connectivity index (χ0n) is 14.8. The summed E-state index contributed by atoms with van der Waals surface area (Å²) < 4.78 is 0. The van der Waals surface area contributed by atoms with Crippen molar-refractivity contribution in [2.45, 2.75) is 39.0 Å². The number of hydrogen-bond donors (Lipinski definition) is 2. The van der Waals surface area contributed by atoms with Gasteiger partial charge in [0, 0.05) is 18.5 Å². The van der Waals surface area contributed by atoms with Crippen LogP contribution in [0.5, 0.6) is 0 Å². The number of fused-ring (bicyclic) bond motifs is 1. The van der Waals surface area contributed by atoms with E-state index in [0.717, 1.165) is 31.2 Å². The predicted octanol–water partition coefficient (Wildman–Crippen LogP) is 1.32. The number of amides is 4. The fourth-order valence-electron chi connectivity index (χ4n) is 3.75. The third kappa shape index (κ3) is 3.61. The highest BCUT2D eigenvalue weighted by atomic mass is 16.2. The number of aryl methyl sites for hydroxylation is 1. The van der Waals surface area contributed by atoms with Gasteiger partial charge in [0.05, 0.1) is 11.8 Å². The van der Waals surface area contributed by atoms with Crippen molar-refractivity contribution in [3.63, 3.8) is 0 Å². The maximum absolute atomic E-state index is 12.4. The Morgan fingerprint density at radius 2 is 1.65 bits per heavy atom. The van der Waals surface area contributed by atoms with Crippen molar-refractivity contribution < 1.29 is 19.2 Å². The first kappa shape index (κ1) is 18.1. The summed E-state index contributed by atoms with van der Waals surface area (Å²) in [6, 6.07) is 7.04. The van der Waals surface area contributed by atoms with Crippen molar-refractivity contribution >= 4 is 23.6 Å². The maximum Gasteiger partial charge on any atom is 0.269 e. The van der Waals surface area contributed by atoms with E-state index in [1.165, 1.54) is 4.90 Å². The van der Waals surface area contributed by atoms with Gasteiger partial charge in [0.2, 0.25) is 17.7 Å². The van der Waals surface area contributed by atoms with Gasteiger partial charge in [-0.1, -0.05) is 31.0 Å². The second-order valence-electron chi connectivity index (χ2n) is 6.89. The van der Waals surface area contributed by atoms with E-state index in [9.17, 15) is 19.2 Å². The third-order valence-corrected chi connectivity index (χ3v) is 5.20. The Labute approximate surface area is 152 Å². The van der Waals surface area contributed by atoms with Gasteiger partial charge in [-0.2, -0.15) is 0 Å². The van der Waals surface area contributed by atoms with E-state index in [-0.39, 0.29) is 36.6 Å². The number of rotatable bonds is 4. The van der Waals surface area contributed by atoms with Crippen molar-refractivity contribution in [2.75, 3.05) is 6.54 Å². The number of carbonyl (C=O) groups is 4. The first-order valence-corrected chi connectivity index (χ1v) is 8.99. The monoisotopic (exact) mass is 357 g/mol. The van der Waals surface area contributed by atoms with Crippen LogP contribution < -0.4 is 10.9 Å². The highest BCUT2D eigenvalue weighted by molar-refractivity contribution is 6.05. The molecule has 138 valence electrons. The standard InChI is InChI=1S/C19H23N3O4/c1-12-6-2-3-7-13(12)17(24)21-20-16(23)10-11-22-18(25)14-8-4-5-9-15(14)19(22)26/h2-3,6-7,14-15H,4-5,8-11H2,1H3,(H,20,23)(H,21,24)/t14-,15-/m1/s1. The summed E-state index contributed by atoms with van der Waals surface area (Å²) in [5, 5.41) is 0. The number of hydrazine groups is 1. The first-order chi connectivity index (χ1) is 12.5. The van der Waals surface area contributed by atoms with Gasteiger partial charge in [-0.15, -0.1) is 0 Å². The number of benzene rings is 1. The minimum atomic E-state index is -0.442. The van der Waals surface area contributed by atoms with Crippen molar-refractivity contribution in [1.82, 2.24) is 15.8 Å². The molecule has 1 aliphatic heterocycles. The quantitative estimate of drug-likeness (QED) is 0.627. The van der Waals surface area contributed by atoms with Gasteiger partial charge in [0.25, 0.3) is 5.91 Å². The lowest BCUT2D eigenvalue weighted by atomic mass is 9.81. The van der Waals surface area contributed by atoms with Crippen molar-refractivity contribution in [1.29, 1.82) is 0 Å². The van der Waals surface area contributed by atoms with E-state index in [1.807, 2.05) is 6.07 Å². The van der Waals surface area contributed by atoms with E-state index in [2.05, 4.69) is 10.9 Å². The normalized spacial score (nSPS) is 22.1. The van der Waals surface area contributed by atoms with Crippen LogP contribution in [0.25, 0.3) is 0 Å². The molecule has 0 radical (unpaired) electrons. The van der Waals surface area contributed by atoms with Crippen LogP contribution in [0.15, 0.2) is 24.3 Å². The largest absolute Gasteiger partial charge is 0.282 e. The molecule has 7 heteroatoms. The molecule has 2 N–H and O–H groups in total. The zero-order valence-corrected chi connectivity index (χ0v) is 14.8. The molecule has 1 saturated carbocycles. The van der Waals surface area contributed by atoms with E-state index in [1.54, 1.807) is 25.1 Å². The first-order valence-electron chi connectivity index (χ1n) is 8.99. The molecule has 2 aliphatic rings. The molecule has 0 bridgehead atoms. The Morgan fingerprint density at radius 1 is 1.04 bits per heavy atom. The molecule has 1 aliphatic carbocycles. The van der Waals surface area contributed by atoms with Crippen LogP contribution in [-0.2, 0) is 14.4 Å². The Balaban J connectivity index is 1.48. The van der Waals surface area contributed by atoms with Crippen LogP contribution in [-0.4, -0.2) is 35.1 Å². The van der Waals surface area contributed by atoms with E-state index in [0.29, 0.717) is 5.56 Å². The second-order valence-corrected chi connectivity index (χ2v) is 6.89. The smallest absolute Gasteiger partial charge is 0.269 e. The SMILES string of the molecule is Cc1ccccc1C(=O)NNC(=O)CCN1C(=O)[C@@H]2CCCC[C@H]2C1=O. The van der Waals surface area contributed by atoms with Gasteiger partial charge < -0.3 is 0 Å². The Bertz CT molecular complexity index is 722. The molecule has 2 atom stereocenters. The number of likely N-dealkylation sites (tertiary alicyclic amines) is 1. The molecule has 7 nitrogen and oxygen atoms in total. The molecule has 26 heavy (non-hydrogen) atoms. The Morgan fingerprint density at radius 3 is 2.27 bits per heavy atom. The van der Waals surface area contributed by atoms with Crippen molar-refractivity contribution in [2.24, 2.45) is 11.8 Å². The van der Waals surface area contributed by atoms with Crippen molar-refractivity contribution in [3.05, 3.63) is 35.4 Å². The third-order valence-electron chi connectivity index (χ3n) is 5.20. The molecule has 1 aromatic rings. The number of nitrogens with one attached hydrogen (secondary N) is 2. The average molecular weight is 357 g/mol. The van der Waals surface area contributed by atoms with E-state index in [4.69, 9.17) is 0 Å². The van der Waals surface area contributed by atoms with Gasteiger partial charge in [-0.25, -0.2) is 0 Å². The zero-order chi connectivity index (χ0) is 18.7. The lowest BCUT2D eigenvalue weighted by Crippen LogP contribution is -2.43. The molecule has 1 aromatic carbocycles. The van der Waals surface area contributed by atoms with Crippen LogP contribution in [0, 0.1) is 18.8 Å². The number of carbonyl (C=O) groups excluding carboxylic acids is 4. The average Bonchev–Trinajstić information content (AvgIpc) is 2.89. The van der Waals surface area contributed by atoms with Crippen LogP contribution >= 0.6 is 0 Å². The topological polar surface area (TPSA) is 95.6 Å². The van der Waals surface area contributed by atoms with Crippen LogP contribution in [0.2, 0.25) is 0 Å². The summed E-state index contributed by atoms with van der Waals surface area (Å²) in [6.45, 7) is 1.86. The lowest BCUT2D eigenvalue weighted by Gasteiger charge is -2.19. The van der Waals surface area contributed by atoms with Gasteiger partial charge in [-0.05, 0) is 31.4 Å². The minimum absolute atomic E-state index is 0.0367. The molecule has 4 amide bonds. The molecule has 1 saturated heterocycles. The highest BCUT2D eigenvalue weighted by Gasteiger charge is 2.47. The summed E-state index contributed by atoms with van der Waals surface area (Å²) >= 11 is 0. The number of hydrogen-bond acceptors (Lipinski definition) is 4. The van der Waals surface area contributed by atoms with Gasteiger partial charge in [-0.3, -0.25) is 34.9 Å². The Hall–Kier alpha value is -2.70. The van der Waals surface area contributed by atoms with Crippen LogP contribution in [0.3, 0.4) is 0 Å². The summed E-state index contributed by atoms with van der Waals surface area (Å²) in [5.74, 6) is -1.58. The molecule has 0 aromatic heterocycles. The second kappa shape index (κ2) is 7.68. The number of nitrogens with zero attached hydrogens (tertiary/aromatic N) is 1. The summed E-state index contributed by atoms with van der Waals surface area (Å²) in [7, 11) is 0. The highest BCUT2D eigenvalue weighted by Crippen LogP contribution is 2.37. The predicted molar refractivity (Wildman–Crippen MR) is 93.6 cm³/mol. The molecule has 0 spiro atoms. The Kier molecular flexibility index (Phi) is 5.35. The molecule has 2 fully saturated rings. The summed E-state index contributed by atoms with van der Waals surface area (Å²) in [6.07, 6.45) is 3.42. The fourth-order valence-corrected chi connectivity index (χ4v) is 3.75. The van der Waals surface area contributed by atoms with Gasteiger partial charge in [0.1, 0.15) is 0 Å². The molecule has 1 heterocycles. The van der Waals surface area contributed by atoms with E-state index >= 15 is 0 Å². The molecular weight excluding hydrogens is 334 g/mol. The van der Waals surface area contributed by atoms with Crippen LogP contribution in [0.4, 0.5) is 0 Å². The van der Waals surface area contributed by atoms with E-state index < -0.39 is 11.8 Å². The molecule has 0 unspecified atom stereocenters. The number of imide groups is 1.